The van der Waals surface area contributed by atoms with Crippen LogP contribution in [0.4, 0.5) is 5.69 Å². The number of nitrogens with zero attached hydrogens (tertiary/aromatic N) is 1. The van der Waals surface area contributed by atoms with Gasteiger partial charge in [-0.15, -0.1) is 0 Å². The summed E-state index contributed by atoms with van der Waals surface area (Å²) < 4.78 is 5.04. The number of hydrogen-bond acceptors (Lipinski definition) is 4. The zero-order chi connectivity index (χ0) is 16.1. The zero-order valence-electron chi connectivity index (χ0n) is 12.9. The number of carbonyl (C=O) groups is 2. The summed E-state index contributed by atoms with van der Waals surface area (Å²) in [5, 5.41) is 9.38. The van der Waals surface area contributed by atoms with Crippen molar-refractivity contribution in [3.8, 4) is 0 Å². The van der Waals surface area contributed by atoms with Gasteiger partial charge in [0.15, 0.2) is 0 Å². The van der Waals surface area contributed by atoms with Gasteiger partial charge in [-0.05, 0) is 31.5 Å². The fraction of sp³-hybridized carbons (Fsp3) is 0.312. The van der Waals surface area contributed by atoms with E-state index < -0.39 is 0 Å². The van der Waals surface area contributed by atoms with Crippen LogP contribution in [-0.2, 0) is 22.6 Å². The highest BCUT2D eigenvalue weighted by Gasteiger charge is 2.13. The number of aromatic nitrogens is 1. The van der Waals surface area contributed by atoms with Crippen molar-refractivity contribution in [1.29, 1.82) is 0 Å². The van der Waals surface area contributed by atoms with Crippen molar-refractivity contribution in [3.63, 3.8) is 0 Å². The summed E-state index contributed by atoms with van der Waals surface area (Å²) in [4.78, 5) is 22.9. The fourth-order valence-corrected chi connectivity index (χ4v) is 2.09. The second kappa shape index (κ2) is 6.89. The smallest absolute Gasteiger partial charge is 0.224 e. The molecular formula is C16H19N3O3. The van der Waals surface area contributed by atoms with Crippen LogP contribution in [0.2, 0.25) is 0 Å². The van der Waals surface area contributed by atoms with Crippen LogP contribution in [0.25, 0.3) is 0 Å². The minimum absolute atomic E-state index is 0.0830. The van der Waals surface area contributed by atoms with Crippen LogP contribution in [0.15, 0.2) is 28.8 Å². The molecule has 1 aromatic heterocycles. The van der Waals surface area contributed by atoms with Gasteiger partial charge in [-0.2, -0.15) is 0 Å². The third-order valence-corrected chi connectivity index (χ3v) is 3.28. The number of carbonyl (C=O) groups excluding carboxylic acids is 2. The number of rotatable bonds is 5. The topological polar surface area (TPSA) is 84.2 Å². The van der Waals surface area contributed by atoms with E-state index in [4.69, 9.17) is 4.52 Å². The van der Waals surface area contributed by atoms with Crippen molar-refractivity contribution in [2.45, 2.75) is 33.7 Å². The van der Waals surface area contributed by atoms with Crippen LogP contribution >= 0.6 is 0 Å². The summed E-state index contributed by atoms with van der Waals surface area (Å²) in [6, 6.07) is 7.33. The second-order valence-electron chi connectivity index (χ2n) is 5.13. The normalized spacial score (nSPS) is 10.3. The Morgan fingerprint density at radius 3 is 2.41 bits per heavy atom. The lowest BCUT2D eigenvalue weighted by Crippen LogP contribution is -2.24. The molecule has 6 nitrogen and oxygen atoms in total. The highest BCUT2D eigenvalue weighted by Crippen LogP contribution is 2.13. The lowest BCUT2D eigenvalue weighted by atomic mass is 10.1. The number of nitrogens with one attached hydrogen (secondary N) is 2. The van der Waals surface area contributed by atoms with Gasteiger partial charge >= 0.3 is 0 Å². The summed E-state index contributed by atoms with van der Waals surface area (Å²) >= 11 is 0. The van der Waals surface area contributed by atoms with E-state index in [0.29, 0.717) is 12.3 Å². The van der Waals surface area contributed by atoms with E-state index in [9.17, 15) is 9.59 Å². The van der Waals surface area contributed by atoms with E-state index >= 15 is 0 Å². The molecule has 0 radical (unpaired) electrons. The average Bonchev–Trinajstić information content (AvgIpc) is 2.78. The molecule has 0 atom stereocenters. The minimum atomic E-state index is -0.111. The SMILES string of the molecule is CC(=O)Nc1ccc(CNC(=O)Cc2c(C)noc2C)cc1. The van der Waals surface area contributed by atoms with E-state index in [1.54, 1.807) is 19.1 Å². The molecule has 2 aromatic rings. The van der Waals surface area contributed by atoms with E-state index in [-0.39, 0.29) is 18.2 Å². The predicted molar refractivity (Wildman–Crippen MR) is 82.3 cm³/mol. The van der Waals surface area contributed by atoms with Crippen LogP contribution < -0.4 is 10.6 Å². The number of anilines is 1. The monoisotopic (exact) mass is 301 g/mol. The predicted octanol–water partition coefficient (Wildman–Crippen LogP) is 2.11. The maximum atomic E-state index is 12.0. The van der Waals surface area contributed by atoms with Gasteiger partial charge in [-0.25, -0.2) is 0 Å². The van der Waals surface area contributed by atoms with Gasteiger partial charge in [-0.1, -0.05) is 17.3 Å². The van der Waals surface area contributed by atoms with Crippen molar-refractivity contribution in [3.05, 3.63) is 46.8 Å². The summed E-state index contributed by atoms with van der Waals surface area (Å²) in [6.07, 6.45) is 0.255. The van der Waals surface area contributed by atoms with Gasteiger partial charge in [0.05, 0.1) is 12.1 Å². The summed E-state index contributed by atoms with van der Waals surface area (Å²) in [5.41, 5.74) is 3.27. The molecule has 2 amide bonds. The maximum Gasteiger partial charge on any atom is 0.224 e. The Hall–Kier alpha value is -2.63. The number of aryl methyl sites for hydroxylation is 2. The largest absolute Gasteiger partial charge is 0.361 e. The van der Waals surface area contributed by atoms with E-state index in [0.717, 1.165) is 22.5 Å². The lowest BCUT2D eigenvalue weighted by molar-refractivity contribution is -0.120. The van der Waals surface area contributed by atoms with Gasteiger partial charge in [0, 0.05) is 24.7 Å². The molecule has 1 heterocycles. The Morgan fingerprint density at radius 1 is 1.18 bits per heavy atom. The van der Waals surface area contributed by atoms with Gasteiger partial charge in [0.25, 0.3) is 0 Å². The molecule has 0 aliphatic heterocycles. The first-order valence-electron chi connectivity index (χ1n) is 7.00. The third kappa shape index (κ3) is 4.18. The van der Waals surface area contributed by atoms with Gasteiger partial charge < -0.3 is 15.2 Å². The molecule has 1 aromatic carbocycles. The first kappa shape index (κ1) is 15.8. The van der Waals surface area contributed by atoms with Crippen molar-refractivity contribution >= 4 is 17.5 Å². The molecule has 116 valence electrons. The van der Waals surface area contributed by atoms with Crippen LogP contribution in [0.5, 0.6) is 0 Å². The molecule has 2 N–H and O–H groups in total. The molecule has 6 heteroatoms. The van der Waals surface area contributed by atoms with Gasteiger partial charge in [0.2, 0.25) is 11.8 Å². The number of hydrogen-bond donors (Lipinski definition) is 2. The maximum absolute atomic E-state index is 12.0. The standard InChI is InChI=1S/C16H19N3O3/c1-10-15(11(2)22-19-10)8-16(21)17-9-13-4-6-14(7-5-13)18-12(3)20/h4-7H,8-9H2,1-3H3,(H,17,21)(H,18,20). The Kier molecular flexibility index (Phi) is 4.93. The number of benzene rings is 1. The van der Waals surface area contributed by atoms with Gasteiger partial charge in [0.1, 0.15) is 5.76 Å². The summed E-state index contributed by atoms with van der Waals surface area (Å²) in [5.74, 6) is 0.480. The summed E-state index contributed by atoms with van der Waals surface area (Å²) in [7, 11) is 0. The first-order chi connectivity index (χ1) is 10.5. The second-order valence-corrected chi connectivity index (χ2v) is 5.13. The Balaban J connectivity index is 1.87. The molecule has 0 fully saturated rings. The Labute approximate surface area is 128 Å². The quantitative estimate of drug-likeness (QED) is 0.886. The van der Waals surface area contributed by atoms with Crippen LogP contribution in [0.3, 0.4) is 0 Å². The van der Waals surface area contributed by atoms with Crippen LogP contribution in [0.1, 0.15) is 29.5 Å². The number of amides is 2. The molecule has 0 saturated heterocycles. The average molecular weight is 301 g/mol. The Bertz CT molecular complexity index is 655. The van der Waals surface area contributed by atoms with Gasteiger partial charge in [-0.3, -0.25) is 9.59 Å². The van der Waals surface area contributed by atoms with Crippen molar-refractivity contribution in [1.82, 2.24) is 10.5 Å². The molecule has 0 bridgehead atoms. The molecule has 0 aliphatic rings. The fourth-order valence-electron chi connectivity index (χ4n) is 2.09. The van der Waals surface area contributed by atoms with E-state index in [1.807, 2.05) is 19.1 Å². The first-order valence-corrected chi connectivity index (χ1v) is 7.00. The molecule has 2 rings (SSSR count). The van der Waals surface area contributed by atoms with E-state index in [1.165, 1.54) is 6.92 Å². The Morgan fingerprint density at radius 2 is 1.86 bits per heavy atom. The minimum Gasteiger partial charge on any atom is -0.361 e. The molecule has 0 spiro atoms. The summed E-state index contributed by atoms with van der Waals surface area (Å²) in [6.45, 7) is 5.51. The van der Waals surface area contributed by atoms with Crippen molar-refractivity contribution in [2.24, 2.45) is 0 Å². The molecule has 0 aliphatic carbocycles. The molecule has 0 unspecified atom stereocenters. The van der Waals surface area contributed by atoms with Crippen LogP contribution in [-0.4, -0.2) is 17.0 Å². The zero-order valence-corrected chi connectivity index (χ0v) is 12.9. The molecule has 22 heavy (non-hydrogen) atoms. The highest BCUT2D eigenvalue weighted by molar-refractivity contribution is 5.88. The van der Waals surface area contributed by atoms with Crippen molar-refractivity contribution < 1.29 is 14.1 Å². The molecule has 0 saturated carbocycles. The van der Waals surface area contributed by atoms with Crippen LogP contribution in [0, 0.1) is 13.8 Å². The lowest BCUT2D eigenvalue weighted by Gasteiger charge is -2.07. The van der Waals surface area contributed by atoms with Crippen molar-refractivity contribution in [2.75, 3.05) is 5.32 Å². The highest BCUT2D eigenvalue weighted by atomic mass is 16.5. The van der Waals surface area contributed by atoms with E-state index in [2.05, 4.69) is 15.8 Å². The third-order valence-electron chi connectivity index (χ3n) is 3.28. The molecular weight excluding hydrogens is 282 g/mol.